The number of rotatable bonds is 15. The summed E-state index contributed by atoms with van der Waals surface area (Å²) >= 11 is 12.2. The molecule has 1 aliphatic rings. The van der Waals surface area contributed by atoms with Crippen molar-refractivity contribution in [1.29, 1.82) is 0 Å². The van der Waals surface area contributed by atoms with Crippen LogP contribution in [0.5, 0.6) is 23.0 Å². The molecule has 12 nitrogen and oxygen atoms in total. The number of carbonyl (C=O) groups is 2. The predicted octanol–water partition coefficient (Wildman–Crippen LogP) is 5.49. The molecule has 0 saturated heterocycles. The molecule has 0 fully saturated rings. The summed E-state index contributed by atoms with van der Waals surface area (Å²) in [6.45, 7) is 6.10. The summed E-state index contributed by atoms with van der Waals surface area (Å²) < 4.78 is 28.2. The highest BCUT2D eigenvalue weighted by molar-refractivity contribution is 6.35. The highest BCUT2D eigenvalue weighted by Gasteiger charge is 2.32. The fraction of sp³-hybridized carbons (Fsp3) is 0.303. The van der Waals surface area contributed by atoms with Crippen LogP contribution in [0, 0.1) is 0 Å². The summed E-state index contributed by atoms with van der Waals surface area (Å²) in [4.78, 5) is 24.6. The first-order valence-corrected chi connectivity index (χ1v) is 15.4. The van der Waals surface area contributed by atoms with E-state index < -0.39 is 24.3 Å². The van der Waals surface area contributed by atoms with Gasteiger partial charge in [-0.15, -0.1) is 0 Å². The number of nitrogens with one attached hydrogen (secondary N) is 3. The highest BCUT2D eigenvalue weighted by Crippen LogP contribution is 2.35. The molecule has 0 bridgehead atoms. The zero-order valence-corrected chi connectivity index (χ0v) is 27.8. The van der Waals surface area contributed by atoms with Gasteiger partial charge in [-0.3, -0.25) is 5.43 Å². The normalized spacial score (nSPS) is 15.0. The molecule has 250 valence electrons. The Balaban J connectivity index is 1.38. The minimum atomic E-state index is -1.17. The third-order valence-electron chi connectivity index (χ3n) is 6.78. The van der Waals surface area contributed by atoms with Gasteiger partial charge >= 0.3 is 12.0 Å². The van der Waals surface area contributed by atoms with E-state index in [9.17, 15) is 14.7 Å². The molecule has 1 heterocycles. The molecule has 4 N–H and O–H groups in total. The molecule has 3 aromatic carbocycles. The molecule has 0 saturated carbocycles. The van der Waals surface area contributed by atoms with Crippen LogP contribution in [0.4, 0.5) is 4.79 Å². The SMILES string of the molecule is CCOc1cc(/C=N\N[C@H](O)COc2ccc([C@@H]3NC(=O)NC(C)=C3C(=O)OC)cc2OCC)ccc1OCc1ccc(Cl)cc1Cl. The second-order valence-corrected chi connectivity index (χ2v) is 10.9. The second kappa shape index (κ2) is 16.8. The van der Waals surface area contributed by atoms with E-state index in [1.54, 1.807) is 61.5 Å². The molecular weight excluding hydrogens is 651 g/mol. The van der Waals surface area contributed by atoms with Gasteiger partial charge in [-0.05, 0) is 74.4 Å². The molecule has 0 aromatic heterocycles. The topological polar surface area (TPSA) is 149 Å². The maximum Gasteiger partial charge on any atom is 0.337 e. The number of halogens is 2. The van der Waals surface area contributed by atoms with Gasteiger partial charge in [-0.25, -0.2) is 9.59 Å². The van der Waals surface area contributed by atoms with E-state index in [2.05, 4.69) is 21.2 Å². The molecule has 2 atom stereocenters. The molecule has 47 heavy (non-hydrogen) atoms. The van der Waals surface area contributed by atoms with Gasteiger partial charge in [0.05, 0.1) is 38.2 Å². The number of esters is 1. The Labute approximate surface area is 282 Å². The van der Waals surface area contributed by atoms with Crippen molar-refractivity contribution in [2.45, 2.75) is 39.6 Å². The van der Waals surface area contributed by atoms with Crippen molar-refractivity contribution in [3.63, 3.8) is 0 Å². The number of carbonyl (C=O) groups excluding carboxylic acids is 2. The van der Waals surface area contributed by atoms with Crippen LogP contribution >= 0.6 is 23.2 Å². The number of hydrazone groups is 1. The van der Waals surface area contributed by atoms with Crippen molar-refractivity contribution in [2.75, 3.05) is 26.9 Å². The van der Waals surface area contributed by atoms with Crippen LogP contribution in [0.25, 0.3) is 0 Å². The first kappa shape index (κ1) is 35.2. The third-order valence-corrected chi connectivity index (χ3v) is 7.36. The maximum absolute atomic E-state index is 12.5. The van der Waals surface area contributed by atoms with Gasteiger partial charge in [0.2, 0.25) is 0 Å². The first-order chi connectivity index (χ1) is 22.6. The lowest BCUT2D eigenvalue weighted by molar-refractivity contribution is -0.136. The number of nitrogens with zero attached hydrogens (tertiary/aromatic N) is 1. The van der Waals surface area contributed by atoms with Gasteiger partial charge < -0.3 is 39.4 Å². The van der Waals surface area contributed by atoms with E-state index in [-0.39, 0.29) is 18.8 Å². The quantitative estimate of drug-likeness (QED) is 0.0705. The summed E-state index contributed by atoms with van der Waals surface area (Å²) in [6.07, 6.45) is 0.354. The molecule has 0 spiro atoms. The number of hydrogen-bond acceptors (Lipinski definition) is 10. The van der Waals surface area contributed by atoms with E-state index in [4.69, 9.17) is 46.9 Å². The van der Waals surface area contributed by atoms with Crippen LogP contribution in [-0.2, 0) is 16.1 Å². The molecule has 2 amide bonds. The summed E-state index contributed by atoms with van der Waals surface area (Å²) in [6, 6.07) is 14.3. The average molecular weight is 688 g/mol. The van der Waals surface area contributed by atoms with Crippen molar-refractivity contribution >= 4 is 41.4 Å². The molecule has 0 unspecified atom stereocenters. The molecular formula is C33H36Cl2N4O8. The van der Waals surface area contributed by atoms with Gasteiger partial charge in [0.25, 0.3) is 0 Å². The van der Waals surface area contributed by atoms with E-state index >= 15 is 0 Å². The Morgan fingerprint density at radius 3 is 2.38 bits per heavy atom. The lowest BCUT2D eigenvalue weighted by Crippen LogP contribution is -2.45. The number of methoxy groups -OCH3 is 1. The van der Waals surface area contributed by atoms with Gasteiger partial charge in [0.1, 0.15) is 13.2 Å². The fourth-order valence-electron chi connectivity index (χ4n) is 4.61. The van der Waals surface area contributed by atoms with Crippen LogP contribution in [0.1, 0.15) is 43.5 Å². The molecule has 4 rings (SSSR count). The van der Waals surface area contributed by atoms with Crippen molar-refractivity contribution in [2.24, 2.45) is 5.10 Å². The van der Waals surface area contributed by atoms with E-state index in [1.165, 1.54) is 13.3 Å². The Kier molecular flexibility index (Phi) is 12.6. The van der Waals surface area contributed by atoms with Crippen molar-refractivity contribution in [1.82, 2.24) is 16.1 Å². The summed E-state index contributed by atoms with van der Waals surface area (Å²) in [7, 11) is 1.27. The number of benzene rings is 3. The number of allylic oxidation sites excluding steroid dienone is 1. The summed E-state index contributed by atoms with van der Waals surface area (Å²) in [5.41, 5.74) is 5.33. The molecule has 1 aliphatic heterocycles. The lowest BCUT2D eigenvalue weighted by atomic mass is 9.95. The maximum atomic E-state index is 12.5. The fourth-order valence-corrected chi connectivity index (χ4v) is 5.07. The van der Waals surface area contributed by atoms with Crippen molar-refractivity contribution < 1.29 is 38.4 Å². The Bertz CT molecular complexity index is 1650. The lowest BCUT2D eigenvalue weighted by Gasteiger charge is -2.28. The van der Waals surface area contributed by atoms with Gasteiger partial charge in [0.15, 0.2) is 29.2 Å². The van der Waals surface area contributed by atoms with Gasteiger partial charge in [-0.2, -0.15) is 5.10 Å². The van der Waals surface area contributed by atoms with Crippen molar-refractivity contribution in [3.8, 4) is 23.0 Å². The summed E-state index contributed by atoms with van der Waals surface area (Å²) in [5, 5.41) is 21.0. The smallest absolute Gasteiger partial charge is 0.337 e. The number of hydrogen-bond donors (Lipinski definition) is 4. The van der Waals surface area contributed by atoms with E-state index in [0.717, 1.165) is 5.56 Å². The zero-order chi connectivity index (χ0) is 33.9. The number of amides is 2. The van der Waals surface area contributed by atoms with Crippen LogP contribution < -0.4 is 35.0 Å². The Morgan fingerprint density at radius 2 is 1.68 bits per heavy atom. The largest absolute Gasteiger partial charge is 0.490 e. The predicted molar refractivity (Wildman–Crippen MR) is 177 cm³/mol. The van der Waals surface area contributed by atoms with E-state index in [1.807, 2.05) is 13.8 Å². The first-order valence-electron chi connectivity index (χ1n) is 14.7. The van der Waals surface area contributed by atoms with Crippen LogP contribution in [-0.4, -0.2) is 56.5 Å². The van der Waals surface area contributed by atoms with Crippen LogP contribution in [0.3, 0.4) is 0 Å². The molecule has 3 aromatic rings. The molecule has 0 radical (unpaired) electrons. The Morgan fingerprint density at radius 1 is 0.979 bits per heavy atom. The van der Waals surface area contributed by atoms with Gasteiger partial charge in [-0.1, -0.05) is 35.3 Å². The van der Waals surface area contributed by atoms with Gasteiger partial charge in [0, 0.05) is 21.3 Å². The minimum Gasteiger partial charge on any atom is -0.490 e. The number of aliphatic hydroxyl groups excluding tert-OH is 1. The third kappa shape index (κ3) is 9.44. The minimum absolute atomic E-state index is 0.169. The zero-order valence-electron chi connectivity index (χ0n) is 26.3. The number of urea groups is 1. The Hall–Kier alpha value is -4.65. The number of ether oxygens (including phenoxy) is 5. The standard InChI is InChI=1S/C33H36Cl2N4O8/c1-5-44-27-13-20(7-11-25(27)46-17-22-8-10-23(34)15-24(22)35)16-36-39-29(40)18-47-26-12-9-21(14-28(26)45-6-2)31-30(32(41)43-4)19(3)37-33(42)38-31/h7-16,29,31,39-40H,5-6,17-18H2,1-4H3,(H2,37,38,42)/b36-16-/t29-,31+/m1/s1. The molecule has 14 heteroatoms. The second-order valence-electron chi connectivity index (χ2n) is 10.1. The average Bonchev–Trinajstić information content (AvgIpc) is 3.04. The van der Waals surface area contributed by atoms with E-state index in [0.29, 0.717) is 63.1 Å². The van der Waals surface area contributed by atoms with Crippen LogP contribution in [0.15, 0.2) is 71.0 Å². The monoisotopic (exact) mass is 686 g/mol. The molecule has 0 aliphatic carbocycles. The van der Waals surface area contributed by atoms with Crippen molar-refractivity contribution in [3.05, 3.63) is 92.6 Å². The summed E-state index contributed by atoms with van der Waals surface area (Å²) in [5.74, 6) is 1.18. The highest BCUT2D eigenvalue weighted by atomic mass is 35.5. The number of aliphatic hydroxyl groups is 1. The van der Waals surface area contributed by atoms with Crippen LogP contribution in [0.2, 0.25) is 10.0 Å².